The lowest BCUT2D eigenvalue weighted by Gasteiger charge is -2.28. The Balaban J connectivity index is 2.67. The van der Waals surface area contributed by atoms with Crippen molar-refractivity contribution in [2.75, 3.05) is 37.8 Å². The number of rotatable bonds is 5. The summed E-state index contributed by atoms with van der Waals surface area (Å²) < 4.78 is 22.5. The smallest absolute Gasteiger partial charge is 0.154 e. The Bertz CT molecular complexity index is 285. The average Bonchev–Trinajstić information content (AvgIpc) is 2.39. The van der Waals surface area contributed by atoms with E-state index in [1.807, 2.05) is 0 Å². The van der Waals surface area contributed by atoms with Crippen LogP contribution in [0, 0.1) is 0 Å². The van der Waals surface area contributed by atoms with Gasteiger partial charge in [0.05, 0.1) is 36.9 Å². The number of nitrogens with zero attached hydrogens (tertiary/aromatic N) is 1. The molecule has 1 aliphatic heterocycles. The van der Waals surface area contributed by atoms with Crippen LogP contribution in [0.15, 0.2) is 0 Å². The predicted octanol–water partition coefficient (Wildman–Crippen LogP) is -2.57. The summed E-state index contributed by atoms with van der Waals surface area (Å²) in [6.07, 6.45) is -0.923. The van der Waals surface area contributed by atoms with Gasteiger partial charge in [0.25, 0.3) is 0 Å². The fourth-order valence-corrected chi connectivity index (χ4v) is 3.69. The minimum absolute atomic E-state index is 0.103. The predicted molar refractivity (Wildman–Crippen MR) is 54.2 cm³/mol. The van der Waals surface area contributed by atoms with Gasteiger partial charge in [-0.15, -0.1) is 0 Å². The summed E-state index contributed by atoms with van der Waals surface area (Å²) in [6.45, 7) is 0.280. The van der Waals surface area contributed by atoms with E-state index in [1.54, 1.807) is 4.90 Å². The Morgan fingerprint density at radius 1 is 1.13 bits per heavy atom. The molecule has 90 valence electrons. The monoisotopic (exact) mass is 239 g/mol. The van der Waals surface area contributed by atoms with Gasteiger partial charge in [0.2, 0.25) is 0 Å². The molecule has 1 fully saturated rings. The summed E-state index contributed by atoms with van der Waals surface area (Å²) in [5.74, 6) is -0.334. The van der Waals surface area contributed by atoms with Crippen molar-refractivity contribution in [1.82, 2.24) is 4.90 Å². The van der Waals surface area contributed by atoms with Crippen molar-refractivity contribution >= 4 is 9.84 Å². The highest BCUT2D eigenvalue weighted by molar-refractivity contribution is 7.91. The standard InChI is InChI=1S/C8H17NO5S/c10-3-1-9(2-4-11)7-5-15(13,14)6-8(7)12/h7-8,10-12H,1-6H2/t7-,8-/m1/s1. The fourth-order valence-electron chi connectivity index (χ4n) is 1.86. The van der Waals surface area contributed by atoms with Crippen LogP contribution in [0.5, 0.6) is 0 Å². The van der Waals surface area contributed by atoms with Crippen LogP contribution < -0.4 is 0 Å². The van der Waals surface area contributed by atoms with Crippen molar-refractivity contribution in [2.24, 2.45) is 0 Å². The third-order valence-corrected chi connectivity index (χ3v) is 4.24. The minimum Gasteiger partial charge on any atom is -0.395 e. The fraction of sp³-hybridized carbons (Fsp3) is 1.00. The van der Waals surface area contributed by atoms with Gasteiger partial charge in [0, 0.05) is 13.1 Å². The van der Waals surface area contributed by atoms with Gasteiger partial charge >= 0.3 is 0 Å². The van der Waals surface area contributed by atoms with Gasteiger partial charge in [-0.3, -0.25) is 4.90 Å². The van der Waals surface area contributed by atoms with E-state index in [-0.39, 0.29) is 37.8 Å². The van der Waals surface area contributed by atoms with E-state index in [2.05, 4.69) is 0 Å². The summed E-state index contributed by atoms with van der Waals surface area (Å²) in [5.41, 5.74) is 0. The Hall–Kier alpha value is -0.210. The number of aliphatic hydroxyl groups is 3. The van der Waals surface area contributed by atoms with E-state index in [0.717, 1.165) is 0 Å². The molecule has 0 aromatic rings. The van der Waals surface area contributed by atoms with Crippen molar-refractivity contribution < 1.29 is 23.7 Å². The molecular formula is C8H17NO5S. The molecule has 0 amide bonds. The van der Waals surface area contributed by atoms with Gasteiger partial charge in [-0.2, -0.15) is 0 Å². The Morgan fingerprint density at radius 2 is 1.67 bits per heavy atom. The first kappa shape index (κ1) is 12.9. The summed E-state index contributed by atoms with van der Waals surface area (Å²) >= 11 is 0. The van der Waals surface area contributed by atoms with E-state index >= 15 is 0 Å². The maximum Gasteiger partial charge on any atom is 0.154 e. The van der Waals surface area contributed by atoms with E-state index in [1.165, 1.54) is 0 Å². The molecule has 3 N–H and O–H groups in total. The number of aliphatic hydroxyl groups excluding tert-OH is 3. The zero-order valence-corrected chi connectivity index (χ0v) is 9.23. The first-order valence-electron chi connectivity index (χ1n) is 4.84. The Morgan fingerprint density at radius 3 is 2.00 bits per heavy atom. The van der Waals surface area contributed by atoms with Crippen LogP contribution in [-0.2, 0) is 9.84 Å². The van der Waals surface area contributed by atoms with E-state index < -0.39 is 22.0 Å². The summed E-state index contributed by atoms with van der Waals surface area (Å²) in [4.78, 5) is 1.61. The molecule has 0 unspecified atom stereocenters. The van der Waals surface area contributed by atoms with Crippen LogP contribution in [-0.4, -0.2) is 78.6 Å². The van der Waals surface area contributed by atoms with E-state index in [4.69, 9.17) is 10.2 Å². The van der Waals surface area contributed by atoms with Crippen LogP contribution in [0.1, 0.15) is 0 Å². The molecule has 1 aliphatic rings. The zero-order valence-electron chi connectivity index (χ0n) is 8.41. The molecular weight excluding hydrogens is 222 g/mol. The topological polar surface area (TPSA) is 98.1 Å². The third-order valence-electron chi connectivity index (χ3n) is 2.54. The molecule has 0 aliphatic carbocycles. The molecule has 0 aromatic carbocycles. The van der Waals surface area contributed by atoms with Crippen LogP contribution in [0.2, 0.25) is 0 Å². The van der Waals surface area contributed by atoms with Gasteiger partial charge in [0.1, 0.15) is 0 Å². The first-order chi connectivity index (χ1) is 7.00. The quantitative estimate of drug-likeness (QED) is 0.488. The molecule has 0 bridgehead atoms. The lowest BCUT2D eigenvalue weighted by Crippen LogP contribution is -2.45. The number of sulfone groups is 1. The molecule has 7 heteroatoms. The van der Waals surface area contributed by atoms with Gasteiger partial charge in [-0.05, 0) is 0 Å². The Kier molecular flexibility index (Phi) is 4.47. The number of hydrogen-bond donors (Lipinski definition) is 3. The minimum atomic E-state index is -3.18. The van der Waals surface area contributed by atoms with Crippen molar-refractivity contribution in [3.63, 3.8) is 0 Å². The van der Waals surface area contributed by atoms with Crippen molar-refractivity contribution in [2.45, 2.75) is 12.1 Å². The molecule has 1 rings (SSSR count). The second kappa shape index (κ2) is 5.22. The van der Waals surface area contributed by atoms with Gasteiger partial charge < -0.3 is 15.3 Å². The highest BCUT2D eigenvalue weighted by Gasteiger charge is 2.39. The molecule has 1 heterocycles. The highest BCUT2D eigenvalue weighted by Crippen LogP contribution is 2.17. The summed E-state index contributed by atoms with van der Waals surface area (Å²) in [6, 6.07) is -0.505. The largest absolute Gasteiger partial charge is 0.395 e. The Labute approximate surface area is 89.1 Å². The normalized spacial score (nSPS) is 29.9. The summed E-state index contributed by atoms with van der Waals surface area (Å²) in [7, 11) is -3.18. The van der Waals surface area contributed by atoms with Crippen LogP contribution in [0.25, 0.3) is 0 Å². The van der Waals surface area contributed by atoms with Gasteiger partial charge in [-0.25, -0.2) is 8.42 Å². The van der Waals surface area contributed by atoms with Crippen molar-refractivity contribution in [1.29, 1.82) is 0 Å². The van der Waals surface area contributed by atoms with Gasteiger partial charge in [-0.1, -0.05) is 0 Å². The van der Waals surface area contributed by atoms with Gasteiger partial charge in [0.15, 0.2) is 9.84 Å². The number of hydrogen-bond acceptors (Lipinski definition) is 6. The second-order valence-electron chi connectivity index (χ2n) is 3.69. The molecule has 6 nitrogen and oxygen atoms in total. The van der Waals surface area contributed by atoms with Crippen molar-refractivity contribution in [3.8, 4) is 0 Å². The molecule has 15 heavy (non-hydrogen) atoms. The average molecular weight is 239 g/mol. The SMILES string of the molecule is O=S1(=O)C[C@@H](O)[C@H](N(CCO)CCO)C1. The van der Waals surface area contributed by atoms with Crippen molar-refractivity contribution in [3.05, 3.63) is 0 Å². The summed E-state index contributed by atoms with van der Waals surface area (Å²) in [5, 5.41) is 27.1. The zero-order chi connectivity index (χ0) is 11.5. The maximum atomic E-state index is 11.3. The van der Waals surface area contributed by atoms with Crippen LogP contribution in [0.3, 0.4) is 0 Å². The van der Waals surface area contributed by atoms with E-state index in [9.17, 15) is 13.5 Å². The molecule has 0 spiro atoms. The van der Waals surface area contributed by atoms with Crippen LogP contribution >= 0.6 is 0 Å². The highest BCUT2D eigenvalue weighted by atomic mass is 32.2. The first-order valence-corrected chi connectivity index (χ1v) is 6.66. The lowest BCUT2D eigenvalue weighted by molar-refractivity contribution is 0.0588. The molecule has 2 atom stereocenters. The third kappa shape index (κ3) is 3.39. The van der Waals surface area contributed by atoms with E-state index in [0.29, 0.717) is 0 Å². The molecule has 0 radical (unpaired) electrons. The maximum absolute atomic E-state index is 11.3. The second-order valence-corrected chi connectivity index (χ2v) is 5.85. The molecule has 0 aromatic heterocycles. The lowest BCUT2D eigenvalue weighted by atomic mass is 10.2. The molecule has 1 saturated heterocycles. The van der Waals surface area contributed by atoms with Crippen LogP contribution in [0.4, 0.5) is 0 Å². The molecule has 0 saturated carbocycles.